The number of nitrogens with zero attached hydrogens (tertiary/aromatic N) is 2. The third kappa shape index (κ3) is 4.15. The van der Waals surface area contributed by atoms with Gasteiger partial charge in [0.1, 0.15) is 5.82 Å². The minimum Gasteiger partial charge on any atom is -0.338 e. The highest BCUT2D eigenvalue weighted by Crippen LogP contribution is 2.29. The number of carbonyl (C=O) groups excluding carboxylic acids is 2. The number of H-pyrrole nitrogens is 1. The number of aromatic amines is 1. The third-order valence-electron chi connectivity index (χ3n) is 5.70. The van der Waals surface area contributed by atoms with Gasteiger partial charge in [-0.15, -0.1) is 0 Å². The number of para-hydroxylation sites is 2. The molecule has 30 heavy (non-hydrogen) atoms. The van der Waals surface area contributed by atoms with Crippen molar-refractivity contribution in [2.75, 3.05) is 18.5 Å². The summed E-state index contributed by atoms with van der Waals surface area (Å²) in [6.45, 7) is 2.47. The van der Waals surface area contributed by atoms with Crippen molar-refractivity contribution in [2.24, 2.45) is 5.92 Å². The zero-order valence-corrected chi connectivity index (χ0v) is 17.3. The van der Waals surface area contributed by atoms with E-state index in [9.17, 15) is 9.59 Å². The van der Waals surface area contributed by atoms with E-state index >= 15 is 0 Å². The predicted octanol–water partition coefficient (Wildman–Crippen LogP) is 3.68. The van der Waals surface area contributed by atoms with Crippen LogP contribution < -0.4 is 15.5 Å². The molecular weight excluding hydrogens is 378 g/mol. The van der Waals surface area contributed by atoms with Crippen LogP contribution in [0.4, 0.5) is 10.5 Å². The molecule has 1 fully saturated rings. The third-order valence-corrected chi connectivity index (χ3v) is 5.70. The van der Waals surface area contributed by atoms with Crippen LogP contribution in [-0.2, 0) is 4.79 Å². The van der Waals surface area contributed by atoms with Gasteiger partial charge in [0.25, 0.3) is 0 Å². The zero-order valence-electron chi connectivity index (χ0n) is 17.3. The zero-order chi connectivity index (χ0) is 21.1. The van der Waals surface area contributed by atoms with Crippen LogP contribution in [0.25, 0.3) is 22.4 Å². The van der Waals surface area contributed by atoms with Crippen LogP contribution in [0.3, 0.4) is 0 Å². The Morgan fingerprint density at radius 3 is 2.63 bits per heavy atom. The maximum absolute atomic E-state index is 13.0. The first kappa shape index (κ1) is 19.9. The molecule has 3 aromatic rings. The quantitative estimate of drug-likeness (QED) is 0.605. The molecule has 1 heterocycles. The number of imidazole rings is 1. The molecule has 7 nitrogen and oxygen atoms in total. The summed E-state index contributed by atoms with van der Waals surface area (Å²) in [5.74, 6) is 0.829. The number of carbonyl (C=O) groups is 2. The number of anilines is 1. The molecule has 0 radical (unpaired) electrons. The van der Waals surface area contributed by atoms with E-state index in [2.05, 4.69) is 20.6 Å². The normalized spacial score (nSPS) is 18.3. The molecule has 2 atom stereocenters. The summed E-state index contributed by atoms with van der Waals surface area (Å²) in [5, 5.41) is 5.69. The molecule has 3 N–H and O–H groups in total. The maximum atomic E-state index is 13.0. The molecule has 0 aliphatic heterocycles. The van der Waals surface area contributed by atoms with Gasteiger partial charge in [-0.3, -0.25) is 4.79 Å². The van der Waals surface area contributed by atoms with Crippen LogP contribution in [-0.4, -0.2) is 41.5 Å². The van der Waals surface area contributed by atoms with Gasteiger partial charge in [-0.25, -0.2) is 9.78 Å². The summed E-state index contributed by atoms with van der Waals surface area (Å²) in [7, 11) is 1.81. The molecule has 0 bridgehead atoms. The molecule has 4 rings (SSSR count). The summed E-state index contributed by atoms with van der Waals surface area (Å²) in [5.41, 5.74) is 3.75. The van der Waals surface area contributed by atoms with Crippen LogP contribution in [0.2, 0.25) is 0 Å². The van der Waals surface area contributed by atoms with Gasteiger partial charge in [0.2, 0.25) is 5.91 Å². The van der Waals surface area contributed by atoms with E-state index in [1.54, 1.807) is 4.90 Å². The molecule has 0 saturated heterocycles. The van der Waals surface area contributed by atoms with Crippen molar-refractivity contribution in [3.05, 3.63) is 48.5 Å². The molecule has 1 aliphatic carbocycles. The monoisotopic (exact) mass is 405 g/mol. The summed E-state index contributed by atoms with van der Waals surface area (Å²) >= 11 is 0. The average molecular weight is 406 g/mol. The molecule has 7 heteroatoms. The molecule has 1 aromatic heterocycles. The second-order valence-corrected chi connectivity index (χ2v) is 7.76. The molecule has 0 spiro atoms. The van der Waals surface area contributed by atoms with Gasteiger partial charge in [0.15, 0.2) is 0 Å². The molecule has 2 aromatic carbocycles. The Balaban J connectivity index is 1.40. The first-order valence-corrected chi connectivity index (χ1v) is 10.4. The SMILES string of the molecule is CCNC(=O)N[C@H]1CC[C@@H](C(=O)N(C)c2ccc(-c3nc4ccccc4[nH]3)cc2)C1. The maximum Gasteiger partial charge on any atom is 0.314 e. The number of rotatable bonds is 5. The van der Waals surface area contributed by atoms with Crippen molar-refractivity contribution < 1.29 is 9.59 Å². The molecule has 156 valence electrons. The average Bonchev–Trinajstić information content (AvgIpc) is 3.40. The lowest BCUT2D eigenvalue weighted by Crippen LogP contribution is -2.41. The fourth-order valence-corrected chi connectivity index (χ4v) is 4.07. The van der Waals surface area contributed by atoms with E-state index in [1.807, 2.05) is 62.5 Å². The molecule has 0 unspecified atom stereocenters. The Labute approximate surface area is 175 Å². The fraction of sp³-hybridized carbons (Fsp3) is 0.348. The number of benzene rings is 2. The number of fused-ring (bicyclic) bond motifs is 1. The Bertz CT molecular complexity index is 1010. The van der Waals surface area contributed by atoms with Gasteiger partial charge in [-0.1, -0.05) is 12.1 Å². The summed E-state index contributed by atoms with van der Waals surface area (Å²) in [4.78, 5) is 34.3. The predicted molar refractivity (Wildman–Crippen MR) is 118 cm³/mol. The topological polar surface area (TPSA) is 90.1 Å². The highest BCUT2D eigenvalue weighted by atomic mass is 16.2. The Hall–Kier alpha value is -3.35. The van der Waals surface area contributed by atoms with Crippen LogP contribution in [0.1, 0.15) is 26.2 Å². The summed E-state index contributed by atoms with van der Waals surface area (Å²) in [6.07, 6.45) is 2.29. The van der Waals surface area contributed by atoms with Crippen LogP contribution in [0.15, 0.2) is 48.5 Å². The van der Waals surface area contributed by atoms with Gasteiger partial charge in [-0.05, 0) is 62.6 Å². The number of amides is 3. The Morgan fingerprint density at radius 2 is 1.90 bits per heavy atom. The summed E-state index contributed by atoms with van der Waals surface area (Å²) in [6, 6.07) is 15.7. The molecule has 3 amide bonds. The number of aromatic nitrogens is 2. The first-order chi connectivity index (χ1) is 14.5. The van der Waals surface area contributed by atoms with E-state index in [-0.39, 0.29) is 23.9 Å². The summed E-state index contributed by atoms with van der Waals surface area (Å²) < 4.78 is 0. The largest absolute Gasteiger partial charge is 0.338 e. The van der Waals surface area contributed by atoms with E-state index in [4.69, 9.17) is 0 Å². The lowest BCUT2D eigenvalue weighted by molar-refractivity contribution is -0.121. The van der Waals surface area contributed by atoms with Gasteiger partial charge in [0.05, 0.1) is 11.0 Å². The van der Waals surface area contributed by atoms with Crippen molar-refractivity contribution in [3.8, 4) is 11.4 Å². The van der Waals surface area contributed by atoms with Crippen molar-refractivity contribution in [1.29, 1.82) is 0 Å². The lowest BCUT2D eigenvalue weighted by atomic mass is 10.1. The molecule has 1 saturated carbocycles. The number of urea groups is 1. The first-order valence-electron chi connectivity index (χ1n) is 10.4. The van der Waals surface area contributed by atoms with E-state index in [1.165, 1.54) is 0 Å². The van der Waals surface area contributed by atoms with Crippen LogP contribution in [0.5, 0.6) is 0 Å². The Morgan fingerprint density at radius 1 is 1.13 bits per heavy atom. The van der Waals surface area contributed by atoms with Gasteiger partial charge < -0.3 is 20.5 Å². The van der Waals surface area contributed by atoms with Gasteiger partial charge in [0, 0.05) is 36.8 Å². The van der Waals surface area contributed by atoms with E-state index < -0.39 is 0 Å². The van der Waals surface area contributed by atoms with Crippen LogP contribution in [0, 0.1) is 5.92 Å². The van der Waals surface area contributed by atoms with Crippen molar-refractivity contribution >= 4 is 28.7 Å². The highest BCUT2D eigenvalue weighted by Gasteiger charge is 2.32. The minimum absolute atomic E-state index is 0.0503. The van der Waals surface area contributed by atoms with Gasteiger partial charge in [-0.2, -0.15) is 0 Å². The van der Waals surface area contributed by atoms with E-state index in [0.29, 0.717) is 13.0 Å². The van der Waals surface area contributed by atoms with Crippen molar-refractivity contribution in [1.82, 2.24) is 20.6 Å². The Kier molecular flexibility index (Phi) is 5.70. The lowest BCUT2D eigenvalue weighted by Gasteiger charge is -2.21. The molecular formula is C23H27N5O2. The second kappa shape index (κ2) is 8.57. The fourth-order valence-electron chi connectivity index (χ4n) is 4.07. The minimum atomic E-state index is -0.162. The smallest absolute Gasteiger partial charge is 0.314 e. The highest BCUT2D eigenvalue weighted by molar-refractivity contribution is 5.95. The molecule has 1 aliphatic rings. The van der Waals surface area contributed by atoms with Crippen LogP contribution >= 0.6 is 0 Å². The number of nitrogens with one attached hydrogen (secondary N) is 3. The van der Waals surface area contributed by atoms with E-state index in [0.717, 1.165) is 41.0 Å². The second-order valence-electron chi connectivity index (χ2n) is 7.76. The standard InChI is InChI=1S/C23H27N5O2/c1-3-24-23(30)25-17-11-8-16(14-17)22(29)28(2)18-12-9-15(10-13-18)21-26-19-6-4-5-7-20(19)27-21/h4-7,9-10,12-13,16-17H,3,8,11,14H2,1-2H3,(H,26,27)(H2,24,25,30)/t16-,17+/m1/s1. The number of hydrogen-bond donors (Lipinski definition) is 3. The van der Waals surface area contributed by atoms with Crippen molar-refractivity contribution in [2.45, 2.75) is 32.2 Å². The van der Waals surface area contributed by atoms with Crippen molar-refractivity contribution in [3.63, 3.8) is 0 Å². The van der Waals surface area contributed by atoms with Gasteiger partial charge >= 0.3 is 6.03 Å². The number of hydrogen-bond acceptors (Lipinski definition) is 3.